The fraction of sp³-hybridized carbons (Fsp3) is 0.350. The number of halogens is 1. The Balaban J connectivity index is 1.39. The van der Waals surface area contributed by atoms with E-state index in [1.54, 1.807) is 24.3 Å². The number of sulfonamides is 1. The van der Waals surface area contributed by atoms with Crippen LogP contribution in [-0.2, 0) is 14.8 Å². The molecule has 0 unspecified atom stereocenters. The van der Waals surface area contributed by atoms with Crippen molar-refractivity contribution in [1.82, 2.24) is 14.5 Å². The van der Waals surface area contributed by atoms with Crippen LogP contribution in [0.25, 0.3) is 11.5 Å². The molecule has 4 rings (SSSR count). The average molecular weight is 513 g/mol. The SMILES string of the molecule is COc1ccc(OC)c(-c2nnc(NC(=O)C3CCN(S(=O)(=O)c4ccc(Cl)s4)CC3)o2)c1. The second-order valence-corrected chi connectivity index (χ2v) is 11.1. The Morgan fingerprint density at radius 2 is 1.94 bits per heavy atom. The second-order valence-electron chi connectivity index (χ2n) is 7.20. The first-order valence-corrected chi connectivity index (χ1v) is 12.6. The molecule has 0 spiro atoms. The van der Waals surface area contributed by atoms with E-state index in [1.807, 2.05) is 0 Å². The van der Waals surface area contributed by atoms with E-state index < -0.39 is 10.0 Å². The quantitative estimate of drug-likeness (QED) is 0.510. The smallest absolute Gasteiger partial charge is 0.322 e. The number of piperidine rings is 1. The fourth-order valence-electron chi connectivity index (χ4n) is 3.49. The van der Waals surface area contributed by atoms with Gasteiger partial charge in [0, 0.05) is 19.0 Å². The molecule has 1 aliphatic rings. The number of carbonyl (C=O) groups excluding carboxylic acids is 1. The summed E-state index contributed by atoms with van der Waals surface area (Å²) in [7, 11) is -0.560. The van der Waals surface area contributed by atoms with Crippen molar-refractivity contribution in [3.05, 3.63) is 34.7 Å². The van der Waals surface area contributed by atoms with Crippen LogP contribution in [0.1, 0.15) is 12.8 Å². The van der Waals surface area contributed by atoms with E-state index in [2.05, 4.69) is 15.5 Å². The minimum Gasteiger partial charge on any atom is -0.497 e. The zero-order valence-corrected chi connectivity index (χ0v) is 20.2. The minimum atomic E-state index is -3.62. The van der Waals surface area contributed by atoms with E-state index in [0.717, 1.165) is 11.3 Å². The molecule has 1 aromatic carbocycles. The molecular weight excluding hydrogens is 492 g/mol. The van der Waals surface area contributed by atoms with Crippen molar-refractivity contribution in [1.29, 1.82) is 0 Å². The van der Waals surface area contributed by atoms with E-state index >= 15 is 0 Å². The molecule has 3 aromatic rings. The summed E-state index contributed by atoms with van der Waals surface area (Å²) >= 11 is 6.88. The van der Waals surface area contributed by atoms with Gasteiger partial charge in [-0.05, 0) is 43.2 Å². The number of methoxy groups -OCH3 is 2. The molecule has 0 saturated carbocycles. The number of hydrogen-bond acceptors (Lipinski definition) is 9. The maximum absolute atomic E-state index is 12.7. The number of amides is 1. The van der Waals surface area contributed by atoms with Gasteiger partial charge in [0.1, 0.15) is 15.7 Å². The van der Waals surface area contributed by atoms with Crippen molar-refractivity contribution in [3.63, 3.8) is 0 Å². The van der Waals surface area contributed by atoms with Gasteiger partial charge in [-0.2, -0.15) is 4.31 Å². The molecule has 0 atom stereocenters. The van der Waals surface area contributed by atoms with E-state index in [-0.39, 0.29) is 41.0 Å². The van der Waals surface area contributed by atoms with Crippen molar-refractivity contribution in [2.45, 2.75) is 17.1 Å². The molecule has 13 heteroatoms. The molecular formula is C20H21ClN4O6S2. The number of ether oxygens (including phenoxy) is 2. The highest BCUT2D eigenvalue weighted by Crippen LogP contribution is 2.34. The molecule has 1 saturated heterocycles. The summed E-state index contributed by atoms with van der Waals surface area (Å²) in [4.78, 5) is 12.7. The van der Waals surface area contributed by atoms with Gasteiger partial charge in [0.05, 0.1) is 24.1 Å². The molecule has 176 valence electrons. The molecule has 1 fully saturated rings. The topological polar surface area (TPSA) is 124 Å². The first-order chi connectivity index (χ1) is 15.8. The Morgan fingerprint density at radius 1 is 1.18 bits per heavy atom. The molecule has 2 aromatic heterocycles. The Hall–Kier alpha value is -2.67. The Morgan fingerprint density at radius 3 is 2.58 bits per heavy atom. The van der Waals surface area contributed by atoms with E-state index in [4.69, 9.17) is 25.5 Å². The maximum atomic E-state index is 12.7. The van der Waals surface area contributed by atoms with Crippen LogP contribution in [0.15, 0.2) is 39.0 Å². The maximum Gasteiger partial charge on any atom is 0.322 e. The molecule has 0 aliphatic carbocycles. The van der Waals surface area contributed by atoms with Gasteiger partial charge < -0.3 is 13.9 Å². The van der Waals surface area contributed by atoms with Crippen molar-refractivity contribution in [2.24, 2.45) is 5.92 Å². The second kappa shape index (κ2) is 9.67. The predicted molar refractivity (Wildman–Crippen MR) is 122 cm³/mol. The summed E-state index contributed by atoms with van der Waals surface area (Å²) in [5.41, 5.74) is 0.525. The van der Waals surface area contributed by atoms with Gasteiger partial charge in [-0.25, -0.2) is 8.42 Å². The lowest BCUT2D eigenvalue weighted by atomic mass is 9.97. The third kappa shape index (κ3) is 4.98. The fourth-order valence-corrected chi connectivity index (χ4v) is 6.60. The number of nitrogens with zero attached hydrogens (tertiary/aromatic N) is 3. The number of carbonyl (C=O) groups is 1. The van der Waals surface area contributed by atoms with Crippen LogP contribution in [-0.4, -0.2) is 56.1 Å². The number of benzene rings is 1. The average Bonchev–Trinajstić information content (AvgIpc) is 3.48. The number of nitrogens with one attached hydrogen (secondary N) is 1. The van der Waals surface area contributed by atoms with Crippen molar-refractivity contribution >= 4 is 44.9 Å². The molecule has 1 aliphatic heterocycles. The predicted octanol–water partition coefficient (Wildman–Crippen LogP) is 3.51. The van der Waals surface area contributed by atoms with Crippen molar-refractivity contribution < 1.29 is 27.1 Å². The first-order valence-electron chi connectivity index (χ1n) is 9.94. The van der Waals surface area contributed by atoms with Crippen LogP contribution < -0.4 is 14.8 Å². The minimum absolute atomic E-state index is 0.0526. The number of anilines is 1. The lowest BCUT2D eigenvalue weighted by Crippen LogP contribution is -2.41. The normalized spacial score (nSPS) is 15.4. The molecule has 1 N–H and O–H groups in total. The molecule has 3 heterocycles. The monoisotopic (exact) mass is 512 g/mol. The van der Waals surface area contributed by atoms with Gasteiger partial charge in [-0.15, -0.1) is 16.4 Å². The standard InChI is InChI=1S/C20H21ClN4O6S2/c1-29-13-3-4-15(30-2)14(11-13)19-23-24-20(31-19)22-18(26)12-7-9-25(10-8-12)33(27,28)17-6-5-16(21)32-17/h3-6,11-12H,7-10H2,1-2H3,(H,22,24,26). The summed E-state index contributed by atoms with van der Waals surface area (Å²) in [6.07, 6.45) is 0.740. The van der Waals surface area contributed by atoms with Crippen LogP contribution in [0.3, 0.4) is 0 Å². The highest BCUT2D eigenvalue weighted by molar-refractivity contribution is 7.91. The highest BCUT2D eigenvalue weighted by Gasteiger charge is 2.33. The largest absolute Gasteiger partial charge is 0.497 e. The molecule has 33 heavy (non-hydrogen) atoms. The van der Waals surface area contributed by atoms with Crippen LogP contribution in [0.4, 0.5) is 6.01 Å². The van der Waals surface area contributed by atoms with Crippen molar-refractivity contribution in [2.75, 3.05) is 32.6 Å². The van der Waals surface area contributed by atoms with Gasteiger partial charge in [0.2, 0.25) is 5.91 Å². The zero-order valence-electron chi connectivity index (χ0n) is 17.8. The van der Waals surface area contributed by atoms with Gasteiger partial charge in [0.25, 0.3) is 15.9 Å². The van der Waals surface area contributed by atoms with Gasteiger partial charge >= 0.3 is 6.01 Å². The third-order valence-electron chi connectivity index (χ3n) is 5.26. The molecule has 10 nitrogen and oxygen atoms in total. The van der Waals surface area contributed by atoms with Gasteiger partial charge in [-0.1, -0.05) is 16.7 Å². The van der Waals surface area contributed by atoms with Crippen LogP contribution in [0, 0.1) is 5.92 Å². The van der Waals surface area contributed by atoms with Crippen LogP contribution in [0.2, 0.25) is 4.34 Å². The first kappa shape index (κ1) is 23.5. The molecule has 1 amide bonds. The van der Waals surface area contributed by atoms with E-state index in [0.29, 0.717) is 34.2 Å². The highest BCUT2D eigenvalue weighted by atomic mass is 35.5. The Bertz CT molecular complexity index is 1250. The van der Waals surface area contributed by atoms with E-state index in [1.165, 1.54) is 24.6 Å². The van der Waals surface area contributed by atoms with Crippen LogP contribution in [0.5, 0.6) is 11.5 Å². The Kier molecular flexibility index (Phi) is 6.88. The number of hydrogen-bond donors (Lipinski definition) is 1. The summed E-state index contributed by atoms with van der Waals surface area (Å²) in [5, 5.41) is 10.5. The zero-order chi connectivity index (χ0) is 23.6. The lowest BCUT2D eigenvalue weighted by molar-refractivity contribution is -0.121. The Labute approximate surface area is 199 Å². The van der Waals surface area contributed by atoms with Crippen molar-refractivity contribution in [3.8, 4) is 23.0 Å². The third-order valence-corrected chi connectivity index (χ3v) is 8.86. The summed E-state index contributed by atoms with van der Waals surface area (Å²) in [5.74, 6) is 0.569. The van der Waals surface area contributed by atoms with Gasteiger partial charge in [0.15, 0.2) is 0 Å². The van der Waals surface area contributed by atoms with Gasteiger partial charge in [-0.3, -0.25) is 10.1 Å². The summed E-state index contributed by atoms with van der Waals surface area (Å²) < 4.78 is 43.6. The van der Waals surface area contributed by atoms with E-state index in [9.17, 15) is 13.2 Å². The molecule has 0 radical (unpaired) electrons. The molecule has 0 bridgehead atoms. The summed E-state index contributed by atoms with van der Waals surface area (Å²) in [6, 6.07) is 8.13. The summed E-state index contributed by atoms with van der Waals surface area (Å²) in [6.45, 7) is 0.456. The number of aromatic nitrogens is 2. The lowest BCUT2D eigenvalue weighted by Gasteiger charge is -2.29. The number of rotatable bonds is 7. The number of thiophene rings is 1. The van der Waals surface area contributed by atoms with Crippen LogP contribution >= 0.6 is 22.9 Å².